The summed E-state index contributed by atoms with van der Waals surface area (Å²) in [5.74, 6) is 0.296. The minimum absolute atomic E-state index is 0.00266. The van der Waals surface area contributed by atoms with Crippen molar-refractivity contribution in [1.82, 2.24) is 0 Å². The number of alkyl halides is 1. The molecule has 0 unspecified atom stereocenters. The Bertz CT molecular complexity index is 626. The van der Waals surface area contributed by atoms with Crippen LogP contribution in [0.1, 0.15) is 23.6 Å². The Labute approximate surface area is 132 Å². The predicted octanol–water partition coefficient (Wildman–Crippen LogP) is 4.63. The standard InChI is InChI=1S/C16H16BrNO3/c1-2-12-3-5-13(6-4-12)11-21-16-8-7-14(10-17)9-15(16)18(19)20/h3-9H,2,10-11H2,1H3. The van der Waals surface area contributed by atoms with Gasteiger partial charge >= 0.3 is 5.69 Å². The van der Waals surface area contributed by atoms with Gasteiger partial charge in [-0.2, -0.15) is 0 Å². The molecule has 110 valence electrons. The molecule has 21 heavy (non-hydrogen) atoms. The van der Waals surface area contributed by atoms with Gasteiger partial charge in [0.15, 0.2) is 5.75 Å². The minimum Gasteiger partial charge on any atom is -0.482 e. The van der Waals surface area contributed by atoms with Crippen molar-refractivity contribution in [2.75, 3.05) is 0 Å². The van der Waals surface area contributed by atoms with Crippen molar-refractivity contribution in [2.45, 2.75) is 25.3 Å². The summed E-state index contributed by atoms with van der Waals surface area (Å²) in [5, 5.41) is 11.7. The number of nitrogens with zero attached hydrogens (tertiary/aromatic N) is 1. The zero-order valence-electron chi connectivity index (χ0n) is 11.7. The summed E-state index contributed by atoms with van der Waals surface area (Å²) in [6, 6.07) is 13.0. The van der Waals surface area contributed by atoms with Gasteiger partial charge < -0.3 is 4.74 Å². The largest absolute Gasteiger partial charge is 0.482 e. The number of halogens is 1. The van der Waals surface area contributed by atoms with Gasteiger partial charge in [-0.15, -0.1) is 0 Å². The van der Waals surface area contributed by atoms with Gasteiger partial charge in [0.25, 0.3) is 0 Å². The Hall–Kier alpha value is -1.88. The number of ether oxygens (including phenoxy) is 1. The predicted molar refractivity (Wildman–Crippen MR) is 85.9 cm³/mol. The monoisotopic (exact) mass is 349 g/mol. The molecule has 0 aliphatic rings. The lowest BCUT2D eigenvalue weighted by Crippen LogP contribution is -2.00. The minimum atomic E-state index is -0.415. The molecule has 0 saturated heterocycles. The number of benzene rings is 2. The fourth-order valence-corrected chi connectivity index (χ4v) is 2.29. The highest BCUT2D eigenvalue weighted by Gasteiger charge is 2.15. The van der Waals surface area contributed by atoms with Gasteiger partial charge in [-0.05, 0) is 29.2 Å². The number of nitro groups is 1. The van der Waals surface area contributed by atoms with Crippen LogP contribution in [-0.2, 0) is 18.4 Å². The third-order valence-electron chi connectivity index (χ3n) is 3.20. The smallest absolute Gasteiger partial charge is 0.311 e. The van der Waals surface area contributed by atoms with Crippen LogP contribution in [0, 0.1) is 10.1 Å². The normalized spacial score (nSPS) is 10.4. The van der Waals surface area contributed by atoms with Crippen molar-refractivity contribution >= 4 is 21.6 Å². The molecule has 0 heterocycles. The molecule has 2 aromatic carbocycles. The van der Waals surface area contributed by atoms with Gasteiger partial charge in [0, 0.05) is 11.4 Å². The Morgan fingerprint density at radius 1 is 1.10 bits per heavy atom. The van der Waals surface area contributed by atoms with Crippen LogP contribution in [0.25, 0.3) is 0 Å². The van der Waals surface area contributed by atoms with Gasteiger partial charge in [-0.1, -0.05) is 53.2 Å². The second-order valence-corrected chi connectivity index (χ2v) is 5.21. The van der Waals surface area contributed by atoms with Crippen molar-refractivity contribution in [3.05, 3.63) is 69.3 Å². The van der Waals surface area contributed by atoms with E-state index in [1.54, 1.807) is 6.07 Å². The van der Waals surface area contributed by atoms with Crippen LogP contribution in [0.5, 0.6) is 5.75 Å². The first-order chi connectivity index (χ1) is 10.1. The lowest BCUT2D eigenvalue weighted by molar-refractivity contribution is -0.386. The van der Waals surface area contributed by atoms with E-state index in [9.17, 15) is 10.1 Å². The highest BCUT2D eigenvalue weighted by atomic mass is 79.9. The number of rotatable bonds is 6. The first-order valence-electron chi connectivity index (χ1n) is 6.68. The van der Waals surface area contributed by atoms with E-state index in [4.69, 9.17) is 4.74 Å². The van der Waals surface area contributed by atoms with E-state index < -0.39 is 4.92 Å². The number of hydrogen-bond donors (Lipinski definition) is 0. The second kappa shape index (κ2) is 7.22. The topological polar surface area (TPSA) is 52.4 Å². The van der Waals surface area contributed by atoms with E-state index in [1.807, 2.05) is 30.3 Å². The molecule has 0 bridgehead atoms. The van der Waals surface area contributed by atoms with Crippen molar-refractivity contribution in [1.29, 1.82) is 0 Å². The first-order valence-corrected chi connectivity index (χ1v) is 7.80. The summed E-state index contributed by atoms with van der Waals surface area (Å²) in [6.45, 7) is 2.42. The zero-order chi connectivity index (χ0) is 15.2. The van der Waals surface area contributed by atoms with Crippen LogP contribution in [0.3, 0.4) is 0 Å². The van der Waals surface area contributed by atoms with Gasteiger partial charge in [-0.3, -0.25) is 10.1 Å². The quantitative estimate of drug-likeness (QED) is 0.434. The van der Waals surface area contributed by atoms with E-state index in [-0.39, 0.29) is 5.69 Å². The maximum atomic E-state index is 11.1. The highest BCUT2D eigenvalue weighted by Crippen LogP contribution is 2.29. The Morgan fingerprint density at radius 2 is 1.71 bits per heavy atom. The SMILES string of the molecule is CCc1ccc(COc2ccc(CBr)cc2[N+](=O)[O-])cc1. The maximum absolute atomic E-state index is 11.1. The molecule has 0 radical (unpaired) electrons. The lowest BCUT2D eigenvalue weighted by atomic mass is 10.1. The van der Waals surface area contributed by atoms with Gasteiger partial charge in [-0.25, -0.2) is 0 Å². The molecular weight excluding hydrogens is 334 g/mol. The summed E-state index contributed by atoms with van der Waals surface area (Å²) in [5.41, 5.74) is 3.09. The van der Waals surface area contributed by atoms with Crippen LogP contribution in [0.4, 0.5) is 5.69 Å². The lowest BCUT2D eigenvalue weighted by Gasteiger charge is -2.08. The molecule has 0 fully saturated rings. The van der Waals surface area contributed by atoms with Crippen LogP contribution >= 0.6 is 15.9 Å². The van der Waals surface area contributed by atoms with Gasteiger partial charge in [0.1, 0.15) is 6.61 Å². The van der Waals surface area contributed by atoms with Crippen LogP contribution in [-0.4, -0.2) is 4.92 Å². The molecule has 4 nitrogen and oxygen atoms in total. The summed E-state index contributed by atoms with van der Waals surface area (Å²) in [4.78, 5) is 10.7. The molecule has 0 aromatic heterocycles. The molecule has 0 aliphatic carbocycles. The highest BCUT2D eigenvalue weighted by molar-refractivity contribution is 9.08. The van der Waals surface area contributed by atoms with Crippen molar-refractivity contribution in [3.63, 3.8) is 0 Å². The molecule has 5 heteroatoms. The van der Waals surface area contributed by atoms with E-state index in [1.165, 1.54) is 11.6 Å². The fraction of sp³-hybridized carbons (Fsp3) is 0.250. The molecular formula is C16H16BrNO3. The molecule has 0 spiro atoms. The van der Waals surface area contributed by atoms with E-state index in [0.717, 1.165) is 17.5 Å². The van der Waals surface area contributed by atoms with Crippen molar-refractivity contribution < 1.29 is 9.66 Å². The van der Waals surface area contributed by atoms with Crippen LogP contribution in [0.2, 0.25) is 0 Å². The van der Waals surface area contributed by atoms with E-state index in [0.29, 0.717) is 17.7 Å². The fourth-order valence-electron chi connectivity index (χ4n) is 1.94. The zero-order valence-corrected chi connectivity index (χ0v) is 13.3. The van der Waals surface area contributed by atoms with Crippen LogP contribution in [0.15, 0.2) is 42.5 Å². The van der Waals surface area contributed by atoms with E-state index in [2.05, 4.69) is 22.9 Å². The Balaban J connectivity index is 2.13. The molecule has 0 atom stereocenters. The van der Waals surface area contributed by atoms with Gasteiger partial charge in [0.2, 0.25) is 0 Å². The van der Waals surface area contributed by atoms with Gasteiger partial charge in [0.05, 0.1) is 4.92 Å². The second-order valence-electron chi connectivity index (χ2n) is 4.65. The molecule has 0 aliphatic heterocycles. The number of aryl methyl sites for hydroxylation is 1. The summed E-state index contributed by atoms with van der Waals surface area (Å²) in [7, 11) is 0. The third-order valence-corrected chi connectivity index (χ3v) is 3.85. The average Bonchev–Trinajstić information content (AvgIpc) is 2.53. The number of hydrogen-bond acceptors (Lipinski definition) is 3. The molecule has 2 aromatic rings. The number of nitro benzene ring substituents is 1. The van der Waals surface area contributed by atoms with Crippen molar-refractivity contribution in [2.24, 2.45) is 0 Å². The van der Waals surface area contributed by atoms with Crippen LogP contribution < -0.4 is 4.74 Å². The Kier molecular flexibility index (Phi) is 5.33. The first kappa shape index (κ1) is 15.5. The average molecular weight is 350 g/mol. The third kappa shape index (κ3) is 4.04. The van der Waals surface area contributed by atoms with Crippen molar-refractivity contribution in [3.8, 4) is 5.75 Å². The summed E-state index contributed by atoms with van der Waals surface area (Å²) < 4.78 is 5.60. The summed E-state index contributed by atoms with van der Waals surface area (Å²) in [6.07, 6.45) is 0.987. The molecule has 0 N–H and O–H groups in total. The molecule has 2 rings (SSSR count). The maximum Gasteiger partial charge on any atom is 0.311 e. The molecule has 0 saturated carbocycles. The summed E-state index contributed by atoms with van der Waals surface area (Å²) >= 11 is 3.29. The molecule has 0 amide bonds. The van der Waals surface area contributed by atoms with E-state index >= 15 is 0 Å². The Morgan fingerprint density at radius 3 is 2.29 bits per heavy atom.